The first-order valence-electron chi connectivity index (χ1n) is 5.97. The molecule has 0 fully saturated rings. The molecule has 0 aliphatic heterocycles. The van der Waals surface area contributed by atoms with Gasteiger partial charge in [0.1, 0.15) is 0 Å². The average molecular weight is 310 g/mol. The Kier molecular flexibility index (Phi) is 4.64. The van der Waals surface area contributed by atoms with Crippen LogP contribution in [-0.2, 0) is 16.6 Å². The third kappa shape index (κ3) is 3.43. The zero-order valence-electron chi connectivity index (χ0n) is 11.5. The number of carboxylic acid groups (broad SMARTS) is 1. The molecule has 0 saturated heterocycles. The maximum absolute atomic E-state index is 12.2. The summed E-state index contributed by atoms with van der Waals surface area (Å²) in [5, 5.41) is 8.90. The van der Waals surface area contributed by atoms with Gasteiger partial charge in [0.25, 0.3) is 0 Å². The number of rotatable bonds is 6. The van der Waals surface area contributed by atoms with Gasteiger partial charge in [0.2, 0.25) is 5.76 Å². The normalized spacial score (nSPS) is 11.9. The van der Waals surface area contributed by atoms with Crippen molar-refractivity contribution in [1.29, 1.82) is 0 Å². The van der Waals surface area contributed by atoms with E-state index < -0.39 is 16.8 Å². The summed E-state index contributed by atoms with van der Waals surface area (Å²) in [5.74, 6) is -0.113. The lowest BCUT2D eigenvalue weighted by molar-refractivity contribution is 0.0656. The Morgan fingerprint density at radius 2 is 1.90 bits per heavy atom. The second-order valence-electron chi connectivity index (χ2n) is 4.10. The fourth-order valence-corrected chi connectivity index (χ4v) is 2.78. The zero-order valence-corrected chi connectivity index (χ0v) is 12.3. The Hall–Kier alpha value is -2.28. The van der Waals surface area contributed by atoms with Gasteiger partial charge in [0, 0.05) is 0 Å². The highest BCUT2D eigenvalue weighted by Crippen LogP contribution is 2.28. The number of hydrogen-bond acceptors (Lipinski definition) is 5. The Labute approximate surface area is 123 Å². The standard InChI is InChI=1S/C14H14O6S/c1-18-10-4-3-9(7-12(10)19-2)8-21(17)13-6-5-11(20-13)14(15)16/h3-7H,8H2,1-2H3,(H,15,16). The van der Waals surface area contributed by atoms with Crippen LogP contribution in [0, 0.1) is 0 Å². The van der Waals surface area contributed by atoms with E-state index in [0.29, 0.717) is 11.5 Å². The van der Waals surface area contributed by atoms with Gasteiger partial charge in [-0.2, -0.15) is 0 Å². The van der Waals surface area contributed by atoms with Gasteiger partial charge in [-0.15, -0.1) is 0 Å². The minimum absolute atomic E-state index is 0.127. The van der Waals surface area contributed by atoms with Crippen molar-refractivity contribution in [1.82, 2.24) is 0 Å². The first kappa shape index (κ1) is 15.1. The quantitative estimate of drug-likeness (QED) is 0.881. The lowest BCUT2D eigenvalue weighted by atomic mass is 10.2. The molecule has 2 rings (SSSR count). The smallest absolute Gasteiger partial charge is 0.371 e. The molecular formula is C14H14O6S. The van der Waals surface area contributed by atoms with E-state index in [1.807, 2.05) is 0 Å². The van der Waals surface area contributed by atoms with E-state index in [1.165, 1.54) is 26.4 Å². The predicted molar refractivity (Wildman–Crippen MR) is 75.3 cm³/mol. The number of carbonyl (C=O) groups is 1. The van der Waals surface area contributed by atoms with Gasteiger partial charge in [-0.1, -0.05) is 6.07 Å². The van der Waals surface area contributed by atoms with Crippen LogP contribution in [0.25, 0.3) is 0 Å². The van der Waals surface area contributed by atoms with Crippen LogP contribution in [0.3, 0.4) is 0 Å². The molecule has 0 amide bonds. The van der Waals surface area contributed by atoms with Gasteiger partial charge in [0.05, 0.1) is 30.8 Å². The topological polar surface area (TPSA) is 86.0 Å². The van der Waals surface area contributed by atoms with E-state index in [0.717, 1.165) is 5.56 Å². The van der Waals surface area contributed by atoms with Gasteiger partial charge in [0.15, 0.2) is 16.6 Å². The zero-order chi connectivity index (χ0) is 15.4. The number of benzene rings is 1. The highest BCUT2D eigenvalue weighted by Gasteiger charge is 2.15. The van der Waals surface area contributed by atoms with Crippen LogP contribution in [0.4, 0.5) is 0 Å². The number of furan rings is 1. The summed E-state index contributed by atoms with van der Waals surface area (Å²) >= 11 is 0. The van der Waals surface area contributed by atoms with Crippen LogP contribution in [0.5, 0.6) is 11.5 Å². The van der Waals surface area contributed by atoms with Crippen molar-refractivity contribution in [2.45, 2.75) is 10.8 Å². The maximum atomic E-state index is 12.2. The van der Waals surface area contributed by atoms with E-state index in [1.54, 1.807) is 18.2 Å². The van der Waals surface area contributed by atoms with Crippen molar-refractivity contribution in [3.63, 3.8) is 0 Å². The summed E-state index contributed by atoms with van der Waals surface area (Å²) in [6, 6.07) is 7.89. The number of aromatic carboxylic acids is 1. The molecule has 6 nitrogen and oxygen atoms in total. The first-order valence-corrected chi connectivity index (χ1v) is 7.29. The molecule has 1 heterocycles. The minimum atomic E-state index is -1.48. The van der Waals surface area contributed by atoms with E-state index in [9.17, 15) is 9.00 Å². The van der Waals surface area contributed by atoms with Crippen molar-refractivity contribution in [2.75, 3.05) is 14.2 Å². The maximum Gasteiger partial charge on any atom is 0.371 e. The van der Waals surface area contributed by atoms with Crippen molar-refractivity contribution < 1.29 is 28.0 Å². The molecule has 112 valence electrons. The van der Waals surface area contributed by atoms with Crippen LogP contribution in [0.2, 0.25) is 0 Å². The Bertz CT molecular complexity index is 676. The van der Waals surface area contributed by atoms with Crippen LogP contribution < -0.4 is 9.47 Å². The number of methoxy groups -OCH3 is 2. The number of ether oxygens (including phenoxy) is 2. The van der Waals surface area contributed by atoms with E-state index in [2.05, 4.69) is 0 Å². The summed E-state index contributed by atoms with van der Waals surface area (Å²) in [7, 11) is 1.58. The SMILES string of the molecule is COc1ccc(CS(=O)c2ccc(C(=O)O)o2)cc1OC. The van der Waals surface area contributed by atoms with Crippen molar-refractivity contribution >= 4 is 16.8 Å². The fourth-order valence-electron chi connectivity index (χ4n) is 1.75. The van der Waals surface area contributed by atoms with Crippen LogP contribution in [-0.4, -0.2) is 29.5 Å². The lowest BCUT2D eigenvalue weighted by Gasteiger charge is -2.09. The molecule has 0 bridgehead atoms. The van der Waals surface area contributed by atoms with Crippen molar-refractivity contribution in [2.24, 2.45) is 0 Å². The fraction of sp³-hybridized carbons (Fsp3) is 0.214. The Morgan fingerprint density at radius 3 is 2.48 bits per heavy atom. The van der Waals surface area contributed by atoms with E-state index >= 15 is 0 Å². The van der Waals surface area contributed by atoms with Gasteiger partial charge in [-0.3, -0.25) is 4.21 Å². The minimum Gasteiger partial charge on any atom is -0.493 e. The molecular weight excluding hydrogens is 296 g/mol. The molecule has 0 saturated carbocycles. The first-order chi connectivity index (χ1) is 10.0. The molecule has 0 aliphatic carbocycles. The Balaban J connectivity index is 2.17. The van der Waals surface area contributed by atoms with Crippen LogP contribution in [0.1, 0.15) is 16.1 Å². The molecule has 0 radical (unpaired) electrons. The molecule has 1 unspecified atom stereocenters. The highest BCUT2D eigenvalue weighted by molar-refractivity contribution is 7.84. The molecule has 7 heteroatoms. The average Bonchev–Trinajstić information content (AvgIpc) is 2.97. The molecule has 21 heavy (non-hydrogen) atoms. The highest BCUT2D eigenvalue weighted by atomic mass is 32.2. The monoisotopic (exact) mass is 310 g/mol. The number of carboxylic acids is 1. The third-order valence-corrected chi connectivity index (χ3v) is 4.03. The summed E-state index contributed by atoms with van der Waals surface area (Å²) in [5.41, 5.74) is 0.763. The molecule has 2 aromatic rings. The lowest BCUT2D eigenvalue weighted by Crippen LogP contribution is -1.98. The summed E-state index contributed by atoms with van der Waals surface area (Å²) in [6.07, 6.45) is 0. The van der Waals surface area contributed by atoms with Gasteiger partial charge < -0.3 is 19.0 Å². The second-order valence-corrected chi connectivity index (χ2v) is 5.49. The van der Waals surface area contributed by atoms with Gasteiger partial charge in [-0.25, -0.2) is 4.79 Å². The second kappa shape index (κ2) is 6.45. The molecule has 1 N–H and O–H groups in total. The van der Waals surface area contributed by atoms with Crippen molar-refractivity contribution in [3.8, 4) is 11.5 Å². The predicted octanol–water partition coefficient (Wildman–Crippen LogP) is 2.30. The molecule has 0 spiro atoms. The van der Waals surface area contributed by atoms with E-state index in [-0.39, 0.29) is 16.6 Å². The largest absolute Gasteiger partial charge is 0.493 e. The van der Waals surface area contributed by atoms with Gasteiger partial charge in [-0.05, 0) is 29.8 Å². The van der Waals surface area contributed by atoms with Crippen LogP contribution >= 0.6 is 0 Å². The summed E-state index contributed by atoms with van der Waals surface area (Å²) < 4.78 is 27.5. The molecule has 1 atom stereocenters. The van der Waals surface area contributed by atoms with Crippen molar-refractivity contribution in [3.05, 3.63) is 41.7 Å². The summed E-state index contributed by atoms with van der Waals surface area (Å²) in [4.78, 5) is 10.7. The molecule has 0 aliphatic rings. The van der Waals surface area contributed by atoms with Gasteiger partial charge >= 0.3 is 5.97 Å². The van der Waals surface area contributed by atoms with Crippen LogP contribution in [0.15, 0.2) is 39.8 Å². The third-order valence-electron chi connectivity index (χ3n) is 2.76. The number of hydrogen-bond donors (Lipinski definition) is 1. The van der Waals surface area contributed by atoms with E-state index in [4.69, 9.17) is 19.0 Å². The molecule has 1 aromatic heterocycles. The molecule has 1 aromatic carbocycles. The summed E-state index contributed by atoms with van der Waals surface area (Å²) in [6.45, 7) is 0. The Morgan fingerprint density at radius 1 is 1.19 bits per heavy atom.